The first-order chi connectivity index (χ1) is 14.4. The fraction of sp³-hybridized carbons (Fsp3) is 0.0476. The first-order valence-corrected chi connectivity index (χ1v) is 10.0. The molecule has 3 heterocycles. The van der Waals surface area contributed by atoms with E-state index in [1.54, 1.807) is 11.6 Å². The van der Waals surface area contributed by atoms with E-state index in [-0.39, 0.29) is 16.3 Å². The Morgan fingerprint density at radius 2 is 2.07 bits per heavy atom. The van der Waals surface area contributed by atoms with Gasteiger partial charge in [-0.1, -0.05) is 17.7 Å². The summed E-state index contributed by atoms with van der Waals surface area (Å²) in [6.07, 6.45) is 3.02. The molecule has 1 N–H and O–H groups in total. The summed E-state index contributed by atoms with van der Waals surface area (Å²) in [5, 5.41) is 5.06. The number of carbonyl (C=O) groups excluding carboxylic acids is 1. The zero-order valence-electron chi connectivity index (χ0n) is 15.6. The van der Waals surface area contributed by atoms with Crippen molar-refractivity contribution in [2.24, 2.45) is 0 Å². The van der Waals surface area contributed by atoms with Gasteiger partial charge >= 0.3 is 0 Å². The quantitative estimate of drug-likeness (QED) is 0.498. The van der Waals surface area contributed by atoms with Crippen LogP contribution in [0, 0.1) is 12.7 Å². The Kier molecular flexibility index (Phi) is 5.43. The van der Waals surface area contributed by atoms with Crippen LogP contribution >= 0.6 is 22.9 Å². The fourth-order valence-electron chi connectivity index (χ4n) is 2.86. The highest BCUT2D eigenvalue weighted by molar-refractivity contribution is 7.14. The average molecular weight is 441 g/mol. The number of carbonyl (C=O) groups is 1. The maximum absolute atomic E-state index is 13.7. The number of nitrogens with one attached hydrogen (secondary N) is 1. The van der Waals surface area contributed by atoms with E-state index in [1.165, 1.54) is 35.7 Å². The van der Waals surface area contributed by atoms with Crippen LogP contribution in [0.5, 0.6) is 0 Å². The van der Waals surface area contributed by atoms with Gasteiger partial charge in [-0.15, -0.1) is 11.3 Å². The van der Waals surface area contributed by atoms with Crippen LogP contribution in [0.15, 0.2) is 65.0 Å². The van der Waals surface area contributed by atoms with Gasteiger partial charge in [0.15, 0.2) is 5.13 Å². The summed E-state index contributed by atoms with van der Waals surface area (Å²) in [5.41, 5.74) is 2.39. The van der Waals surface area contributed by atoms with Crippen molar-refractivity contribution in [1.82, 2.24) is 14.5 Å². The topological polar surface area (TPSA) is 76.9 Å². The smallest absolute Gasteiger partial charge is 0.258 e. The maximum atomic E-state index is 13.7. The van der Waals surface area contributed by atoms with Crippen molar-refractivity contribution in [3.63, 3.8) is 0 Å². The van der Waals surface area contributed by atoms with Crippen molar-refractivity contribution < 1.29 is 9.18 Å². The van der Waals surface area contributed by atoms with Gasteiger partial charge in [0, 0.05) is 28.9 Å². The van der Waals surface area contributed by atoms with E-state index in [2.05, 4.69) is 15.3 Å². The van der Waals surface area contributed by atoms with E-state index in [0.717, 1.165) is 28.0 Å². The lowest BCUT2D eigenvalue weighted by molar-refractivity contribution is 0.102. The molecule has 0 aliphatic rings. The van der Waals surface area contributed by atoms with Crippen LogP contribution in [0.25, 0.3) is 17.1 Å². The van der Waals surface area contributed by atoms with Gasteiger partial charge < -0.3 is 0 Å². The Morgan fingerprint density at radius 3 is 2.83 bits per heavy atom. The molecule has 9 heteroatoms. The Hall–Kier alpha value is -3.36. The first kappa shape index (κ1) is 19.9. The fourth-order valence-corrected chi connectivity index (χ4v) is 3.77. The summed E-state index contributed by atoms with van der Waals surface area (Å²) in [5.74, 6) is -1.04. The van der Waals surface area contributed by atoms with Gasteiger partial charge in [-0.25, -0.2) is 9.37 Å². The van der Waals surface area contributed by atoms with Crippen LogP contribution in [0.1, 0.15) is 15.9 Å². The number of halogens is 2. The molecule has 6 nitrogen and oxygen atoms in total. The molecular weight excluding hydrogens is 427 g/mol. The summed E-state index contributed by atoms with van der Waals surface area (Å²) in [6, 6.07) is 10.1. The summed E-state index contributed by atoms with van der Waals surface area (Å²) >= 11 is 7.14. The van der Waals surface area contributed by atoms with Crippen LogP contribution in [-0.4, -0.2) is 20.4 Å². The van der Waals surface area contributed by atoms with E-state index >= 15 is 0 Å². The van der Waals surface area contributed by atoms with Crippen LogP contribution in [0.2, 0.25) is 5.02 Å². The number of thiazole rings is 1. The summed E-state index contributed by atoms with van der Waals surface area (Å²) < 4.78 is 14.8. The van der Waals surface area contributed by atoms with Crippen LogP contribution in [0.3, 0.4) is 0 Å². The molecule has 4 aromatic rings. The second-order valence-electron chi connectivity index (χ2n) is 6.41. The minimum absolute atomic E-state index is 0.145. The van der Waals surface area contributed by atoms with Crippen molar-refractivity contribution in [2.75, 3.05) is 5.32 Å². The molecule has 30 heavy (non-hydrogen) atoms. The second-order valence-corrected chi connectivity index (χ2v) is 7.71. The molecule has 0 radical (unpaired) electrons. The number of aromatic nitrogens is 3. The number of hydrogen-bond donors (Lipinski definition) is 1. The van der Waals surface area contributed by atoms with E-state index in [1.807, 2.05) is 19.1 Å². The number of benzene rings is 1. The van der Waals surface area contributed by atoms with E-state index in [9.17, 15) is 14.0 Å². The standard InChI is InChI=1S/C21H14ClFN4O2S/c1-12-3-2-6-24-19(12)17-11-30-21(25-17)26-20(29)13-4-5-18(28)27(10-13)16-8-14(22)7-15(23)9-16/h2-11H,1H3,(H,25,26,29). The number of amides is 1. The Morgan fingerprint density at radius 1 is 1.23 bits per heavy atom. The molecule has 0 unspecified atom stereocenters. The zero-order valence-corrected chi connectivity index (χ0v) is 17.2. The third kappa shape index (κ3) is 4.14. The van der Waals surface area contributed by atoms with Gasteiger partial charge in [-0.05, 0) is 42.8 Å². The van der Waals surface area contributed by atoms with Crippen molar-refractivity contribution >= 4 is 34.0 Å². The number of anilines is 1. The molecule has 0 spiro atoms. The molecule has 150 valence electrons. The summed E-state index contributed by atoms with van der Waals surface area (Å²) in [4.78, 5) is 33.6. The van der Waals surface area contributed by atoms with Gasteiger partial charge in [-0.2, -0.15) is 0 Å². The van der Waals surface area contributed by atoms with Crippen molar-refractivity contribution in [3.8, 4) is 17.1 Å². The average Bonchev–Trinajstić information content (AvgIpc) is 3.16. The molecule has 0 aliphatic carbocycles. The Bertz CT molecular complexity index is 1300. The first-order valence-electron chi connectivity index (χ1n) is 8.79. The highest BCUT2D eigenvalue weighted by Gasteiger charge is 2.14. The Labute approximate surface area is 179 Å². The minimum Gasteiger partial charge on any atom is -0.298 e. The monoisotopic (exact) mass is 440 g/mol. The van der Waals surface area contributed by atoms with Crippen LogP contribution in [0.4, 0.5) is 9.52 Å². The molecule has 3 aromatic heterocycles. The van der Waals surface area contributed by atoms with Crippen molar-refractivity contribution in [3.05, 3.63) is 92.6 Å². The third-order valence-electron chi connectivity index (χ3n) is 4.28. The summed E-state index contributed by atoms with van der Waals surface area (Å²) in [6.45, 7) is 1.93. The van der Waals surface area contributed by atoms with Gasteiger partial charge in [-0.3, -0.25) is 24.5 Å². The SMILES string of the molecule is Cc1cccnc1-c1csc(NC(=O)c2ccc(=O)n(-c3cc(F)cc(Cl)c3)c2)n1. The molecule has 4 rings (SSSR count). The van der Waals surface area contributed by atoms with Crippen molar-refractivity contribution in [1.29, 1.82) is 0 Å². The number of rotatable bonds is 4. The number of nitrogens with zero attached hydrogens (tertiary/aromatic N) is 3. The predicted molar refractivity (Wildman–Crippen MR) is 115 cm³/mol. The lowest BCUT2D eigenvalue weighted by Crippen LogP contribution is -2.21. The van der Waals surface area contributed by atoms with Gasteiger partial charge in [0.2, 0.25) is 0 Å². The molecule has 0 bridgehead atoms. The molecule has 0 saturated heterocycles. The highest BCUT2D eigenvalue weighted by Crippen LogP contribution is 2.26. The molecule has 0 fully saturated rings. The maximum Gasteiger partial charge on any atom is 0.258 e. The second kappa shape index (κ2) is 8.17. The molecule has 0 saturated carbocycles. The molecular formula is C21H14ClFN4O2S. The van der Waals surface area contributed by atoms with E-state index in [0.29, 0.717) is 10.8 Å². The third-order valence-corrected chi connectivity index (χ3v) is 5.25. The van der Waals surface area contributed by atoms with Crippen LogP contribution in [-0.2, 0) is 0 Å². The molecule has 0 aliphatic heterocycles. The number of pyridine rings is 2. The lowest BCUT2D eigenvalue weighted by atomic mass is 10.2. The van der Waals surface area contributed by atoms with E-state index in [4.69, 9.17) is 11.6 Å². The molecule has 1 aromatic carbocycles. The Balaban J connectivity index is 1.60. The van der Waals surface area contributed by atoms with Gasteiger partial charge in [0.1, 0.15) is 11.5 Å². The number of hydrogen-bond acceptors (Lipinski definition) is 5. The highest BCUT2D eigenvalue weighted by atomic mass is 35.5. The lowest BCUT2D eigenvalue weighted by Gasteiger charge is -2.09. The van der Waals surface area contributed by atoms with E-state index < -0.39 is 17.3 Å². The van der Waals surface area contributed by atoms with Crippen LogP contribution < -0.4 is 10.9 Å². The predicted octanol–water partition coefficient (Wildman–Crippen LogP) is 4.71. The van der Waals surface area contributed by atoms with Gasteiger partial charge in [0.25, 0.3) is 11.5 Å². The molecule has 0 atom stereocenters. The van der Waals surface area contributed by atoms with Crippen molar-refractivity contribution in [2.45, 2.75) is 6.92 Å². The van der Waals surface area contributed by atoms with Gasteiger partial charge in [0.05, 0.1) is 16.9 Å². The zero-order chi connectivity index (χ0) is 21.3. The summed E-state index contributed by atoms with van der Waals surface area (Å²) in [7, 11) is 0. The molecule has 1 amide bonds. The number of aryl methyl sites for hydroxylation is 1. The largest absolute Gasteiger partial charge is 0.298 e. The minimum atomic E-state index is -0.584. The normalized spacial score (nSPS) is 10.8.